The van der Waals surface area contributed by atoms with Crippen LogP contribution in [0.4, 0.5) is 4.39 Å². The van der Waals surface area contributed by atoms with Crippen LogP contribution in [0.15, 0.2) is 10.5 Å². The number of pyridine rings is 1. The highest BCUT2D eigenvalue weighted by Gasteiger charge is 2.10. The molecular weight excluding hydrogens is 221 g/mol. The molecule has 0 aliphatic heterocycles. The molecule has 1 heterocycles. The van der Waals surface area contributed by atoms with Crippen molar-refractivity contribution in [2.75, 3.05) is 0 Å². The van der Waals surface area contributed by atoms with Gasteiger partial charge < -0.3 is 0 Å². The molecule has 1 aromatic rings. The highest BCUT2D eigenvalue weighted by molar-refractivity contribution is 9.10. The van der Waals surface area contributed by atoms with Crippen LogP contribution in [0.25, 0.3) is 0 Å². The first-order chi connectivity index (χ1) is 5.52. The number of aryl methyl sites for hydroxylation is 1. The Morgan fingerprint density at radius 2 is 2.08 bits per heavy atom. The van der Waals surface area contributed by atoms with E-state index in [9.17, 15) is 4.39 Å². The minimum Gasteiger partial charge on any atom is -0.225 e. The van der Waals surface area contributed by atoms with E-state index >= 15 is 0 Å². The van der Waals surface area contributed by atoms with E-state index in [1.54, 1.807) is 0 Å². The molecule has 1 rings (SSSR count). The molecule has 3 heteroatoms. The standard InChI is InChI=1S/C9H11BrFN/c1-5(2)9-6(3)12-8(11)4-7(9)10/h4-5H,1-3H3. The number of rotatable bonds is 1. The first-order valence-electron chi connectivity index (χ1n) is 3.85. The van der Waals surface area contributed by atoms with Crippen molar-refractivity contribution >= 4 is 15.9 Å². The Bertz CT molecular complexity index is 274. The second kappa shape index (κ2) is 3.52. The highest BCUT2D eigenvalue weighted by Crippen LogP contribution is 2.26. The van der Waals surface area contributed by atoms with E-state index in [0.717, 1.165) is 15.7 Å². The van der Waals surface area contributed by atoms with Crippen molar-refractivity contribution in [3.8, 4) is 0 Å². The van der Waals surface area contributed by atoms with Gasteiger partial charge in [-0.05, 0) is 18.4 Å². The van der Waals surface area contributed by atoms with Crippen LogP contribution in [0, 0.1) is 12.9 Å². The molecule has 0 amide bonds. The molecule has 66 valence electrons. The van der Waals surface area contributed by atoms with E-state index in [2.05, 4.69) is 34.8 Å². The fourth-order valence-electron chi connectivity index (χ4n) is 1.30. The van der Waals surface area contributed by atoms with E-state index in [4.69, 9.17) is 0 Å². The van der Waals surface area contributed by atoms with Crippen LogP contribution >= 0.6 is 15.9 Å². The molecule has 0 radical (unpaired) electrons. The topological polar surface area (TPSA) is 12.9 Å². The van der Waals surface area contributed by atoms with Gasteiger partial charge in [-0.3, -0.25) is 0 Å². The summed E-state index contributed by atoms with van der Waals surface area (Å²) in [7, 11) is 0. The van der Waals surface area contributed by atoms with E-state index in [0.29, 0.717) is 5.92 Å². The van der Waals surface area contributed by atoms with Gasteiger partial charge in [0.15, 0.2) is 0 Å². The minimum atomic E-state index is -0.427. The van der Waals surface area contributed by atoms with Crippen molar-refractivity contribution < 1.29 is 4.39 Å². The molecule has 1 nitrogen and oxygen atoms in total. The monoisotopic (exact) mass is 231 g/mol. The summed E-state index contributed by atoms with van der Waals surface area (Å²) in [6.07, 6.45) is 0. The molecule has 12 heavy (non-hydrogen) atoms. The summed E-state index contributed by atoms with van der Waals surface area (Å²) >= 11 is 3.32. The number of aromatic nitrogens is 1. The summed E-state index contributed by atoms with van der Waals surface area (Å²) < 4.78 is 13.5. The van der Waals surface area contributed by atoms with E-state index in [-0.39, 0.29) is 0 Å². The zero-order valence-electron chi connectivity index (χ0n) is 7.36. The van der Waals surface area contributed by atoms with Crippen LogP contribution in [-0.4, -0.2) is 4.98 Å². The van der Waals surface area contributed by atoms with Crippen LogP contribution in [0.2, 0.25) is 0 Å². The molecule has 0 aliphatic carbocycles. The van der Waals surface area contributed by atoms with E-state index in [1.807, 2.05) is 6.92 Å². The maximum absolute atomic E-state index is 12.7. The lowest BCUT2D eigenvalue weighted by Gasteiger charge is -2.10. The van der Waals surface area contributed by atoms with Gasteiger partial charge in [0, 0.05) is 16.2 Å². The van der Waals surface area contributed by atoms with Gasteiger partial charge >= 0.3 is 0 Å². The third-order valence-corrected chi connectivity index (χ3v) is 2.40. The minimum absolute atomic E-state index is 0.368. The Balaban J connectivity index is 3.28. The van der Waals surface area contributed by atoms with Gasteiger partial charge in [0.25, 0.3) is 0 Å². The predicted molar refractivity (Wildman–Crippen MR) is 50.7 cm³/mol. The number of hydrogen-bond donors (Lipinski definition) is 0. The Labute approximate surface area is 80.1 Å². The van der Waals surface area contributed by atoms with Crippen molar-refractivity contribution in [2.24, 2.45) is 0 Å². The van der Waals surface area contributed by atoms with E-state index < -0.39 is 5.95 Å². The molecule has 0 atom stereocenters. The zero-order chi connectivity index (χ0) is 9.30. The summed E-state index contributed by atoms with van der Waals surface area (Å²) in [5.41, 5.74) is 1.84. The summed E-state index contributed by atoms with van der Waals surface area (Å²) in [5.74, 6) is -0.0590. The van der Waals surface area contributed by atoms with Crippen LogP contribution in [-0.2, 0) is 0 Å². The molecule has 0 fully saturated rings. The average molecular weight is 232 g/mol. The number of nitrogens with zero attached hydrogens (tertiary/aromatic N) is 1. The van der Waals surface area contributed by atoms with Crippen molar-refractivity contribution in [3.05, 3.63) is 27.7 Å². The Hall–Kier alpha value is -0.440. The van der Waals surface area contributed by atoms with Crippen molar-refractivity contribution in [1.29, 1.82) is 0 Å². The largest absolute Gasteiger partial charge is 0.225 e. The van der Waals surface area contributed by atoms with Gasteiger partial charge in [-0.2, -0.15) is 4.39 Å². The molecule has 0 saturated heterocycles. The normalized spacial score (nSPS) is 10.8. The van der Waals surface area contributed by atoms with Gasteiger partial charge in [0.1, 0.15) is 0 Å². The third-order valence-electron chi connectivity index (χ3n) is 1.74. The second-order valence-electron chi connectivity index (χ2n) is 3.08. The first-order valence-corrected chi connectivity index (χ1v) is 4.64. The van der Waals surface area contributed by atoms with Crippen LogP contribution in [0.3, 0.4) is 0 Å². The molecule has 1 aromatic heterocycles. The first kappa shape index (κ1) is 9.65. The molecule has 0 aromatic carbocycles. The summed E-state index contributed by atoms with van der Waals surface area (Å²) in [6.45, 7) is 5.95. The lowest BCUT2D eigenvalue weighted by molar-refractivity contribution is 0.575. The average Bonchev–Trinajstić information content (AvgIpc) is 1.82. The van der Waals surface area contributed by atoms with Crippen LogP contribution in [0.5, 0.6) is 0 Å². The third kappa shape index (κ3) is 1.83. The van der Waals surface area contributed by atoms with Crippen molar-refractivity contribution in [1.82, 2.24) is 4.98 Å². The maximum Gasteiger partial charge on any atom is 0.214 e. The Kier molecular flexibility index (Phi) is 2.83. The Morgan fingerprint density at radius 3 is 2.50 bits per heavy atom. The highest BCUT2D eigenvalue weighted by atomic mass is 79.9. The number of halogens is 2. The lowest BCUT2D eigenvalue weighted by atomic mass is 10.0. The molecule has 0 unspecified atom stereocenters. The van der Waals surface area contributed by atoms with Crippen LogP contribution < -0.4 is 0 Å². The van der Waals surface area contributed by atoms with Crippen LogP contribution in [0.1, 0.15) is 31.0 Å². The molecule has 0 N–H and O–H groups in total. The summed E-state index contributed by atoms with van der Waals surface area (Å²) in [4.78, 5) is 3.76. The Morgan fingerprint density at radius 1 is 1.50 bits per heavy atom. The fraction of sp³-hybridized carbons (Fsp3) is 0.444. The van der Waals surface area contributed by atoms with Gasteiger partial charge in [-0.25, -0.2) is 4.98 Å². The second-order valence-corrected chi connectivity index (χ2v) is 3.93. The predicted octanol–water partition coefficient (Wildman–Crippen LogP) is 3.42. The lowest BCUT2D eigenvalue weighted by Crippen LogP contribution is -1.98. The molecular formula is C9H11BrFN. The molecule has 0 bridgehead atoms. The van der Waals surface area contributed by atoms with Crippen molar-refractivity contribution in [3.63, 3.8) is 0 Å². The quantitative estimate of drug-likeness (QED) is 0.676. The van der Waals surface area contributed by atoms with E-state index in [1.165, 1.54) is 6.07 Å². The van der Waals surface area contributed by atoms with Gasteiger partial charge in [-0.1, -0.05) is 29.8 Å². The molecule has 0 aliphatic rings. The summed E-state index contributed by atoms with van der Waals surface area (Å²) in [6, 6.07) is 1.41. The smallest absolute Gasteiger partial charge is 0.214 e. The van der Waals surface area contributed by atoms with Gasteiger partial charge in [-0.15, -0.1) is 0 Å². The maximum atomic E-state index is 12.7. The number of hydrogen-bond acceptors (Lipinski definition) is 1. The molecule has 0 saturated carbocycles. The van der Waals surface area contributed by atoms with Crippen molar-refractivity contribution in [2.45, 2.75) is 26.7 Å². The SMILES string of the molecule is Cc1nc(F)cc(Br)c1C(C)C. The van der Waals surface area contributed by atoms with Gasteiger partial charge in [0.05, 0.1) is 0 Å². The zero-order valence-corrected chi connectivity index (χ0v) is 8.94. The summed E-state index contributed by atoms with van der Waals surface area (Å²) in [5, 5.41) is 0. The fourth-order valence-corrected chi connectivity index (χ4v) is 2.24. The molecule has 0 spiro atoms. The van der Waals surface area contributed by atoms with Gasteiger partial charge in [0.2, 0.25) is 5.95 Å².